The molecule has 1 aromatic heterocycles. The molecule has 0 bridgehead atoms. The van der Waals surface area contributed by atoms with Crippen molar-refractivity contribution in [3.05, 3.63) is 42.2 Å². The molecule has 108 valence electrons. The van der Waals surface area contributed by atoms with E-state index in [1.54, 1.807) is 24.3 Å². The Hall–Kier alpha value is -3.03. The minimum atomic E-state index is -0.891. The molecule has 0 aliphatic carbocycles. The summed E-state index contributed by atoms with van der Waals surface area (Å²) in [6, 6.07) is 6.47. The maximum absolute atomic E-state index is 11.8. The number of nitrogens with one attached hydrogen (secondary N) is 2. The second-order valence-electron chi connectivity index (χ2n) is 4.10. The maximum Gasteiger partial charge on any atom is 0.326 e. The van der Waals surface area contributed by atoms with E-state index < -0.39 is 12.0 Å². The zero-order chi connectivity index (χ0) is 15.1. The highest BCUT2D eigenvalue weighted by atomic mass is 16.4. The number of anilines is 2. The molecule has 3 N–H and O–H groups in total. The summed E-state index contributed by atoms with van der Waals surface area (Å²) in [6.07, 6.45) is 3.12. The molecule has 2 amide bonds. The van der Waals surface area contributed by atoms with E-state index in [9.17, 15) is 9.59 Å². The van der Waals surface area contributed by atoms with Crippen molar-refractivity contribution in [3.8, 4) is 0 Å². The average molecular weight is 287 g/mol. The first-order valence-electron chi connectivity index (χ1n) is 6.16. The number of nitrogens with zero attached hydrogens (tertiary/aromatic N) is 3. The Kier molecular flexibility index (Phi) is 4.75. The third-order valence-electron chi connectivity index (χ3n) is 2.58. The zero-order valence-electron chi connectivity index (χ0n) is 11.0. The number of carboxylic acid groups (broad SMARTS) is 1. The van der Waals surface area contributed by atoms with Gasteiger partial charge in [0.2, 0.25) is 0 Å². The Bertz CT molecular complexity index is 633. The lowest BCUT2D eigenvalue weighted by atomic mass is 10.1. The normalized spacial score (nSPS) is 9.90. The van der Waals surface area contributed by atoms with Crippen LogP contribution in [0.15, 0.2) is 36.7 Å². The lowest BCUT2D eigenvalue weighted by molar-refractivity contribution is -0.136. The summed E-state index contributed by atoms with van der Waals surface area (Å²) >= 11 is 0. The van der Waals surface area contributed by atoms with Crippen molar-refractivity contribution in [2.24, 2.45) is 0 Å². The summed E-state index contributed by atoms with van der Waals surface area (Å²) in [5.41, 5.74) is 1.28. The van der Waals surface area contributed by atoms with E-state index in [-0.39, 0.29) is 12.4 Å². The molecule has 1 heterocycles. The predicted octanol–water partition coefficient (Wildman–Crippen LogP) is 1.53. The molecule has 0 atom stereocenters. The summed E-state index contributed by atoms with van der Waals surface area (Å²) < 4.78 is 0. The summed E-state index contributed by atoms with van der Waals surface area (Å²) in [5.74, 6) is -0.809. The van der Waals surface area contributed by atoms with Crippen LogP contribution in [0.1, 0.15) is 12.0 Å². The molecule has 0 saturated carbocycles. The topological polar surface area (TPSA) is 117 Å². The number of rotatable bonds is 5. The molecular weight excluding hydrogens is 274 g/mol. The first-order valence-corrected chi connectivity index (χ1v) is 6.16. The van der Waals surface area contributed by atoms with Crippen LogP contribution in [-0.4, -0.2) is 32.3 Å². The van der Waals surface area contributed by atoms with Crippen LogP contribution in [0, 0.1) is 0 Å². The number of carbonyl (C=O) groups is 2. The predicted molar refractivity (Wildman–Crippen MR) is 74.9 cm³/mol. The lowest BCUT2D eigenvalue weighted by Crippen LogP contribution is -2.21. The number of carboxylic acids is 1. The van der Waals surface area contributed by atoms with Gasteiger partial charge in [-0.1, -0.05) is 18.2 Å². The van der Waals surface area contributed by atoms with Crippen molar-refractivity contribution >= 4 is 23.6 Å². The van der Waals surface area contributed by atoms with E-state index in [2.05, 4.69) is 25.8 Å². The number of aryl methyl sites for hydroxylation is 1. The molecule has 1 aromatic carbocycles. The third kappa shape index (κ3) is 4.53. The molecule has 2 rings (SSSR count). The first-order chi connectivity index (χ1) is 10.1. The SMILES string of the molecule is O=C(O)CCc1ccccc1NC(=O)Nc1nccnn1. The zero-order valence-corrected chi connectivity index (χ0v) is 11.0. The van der Waals surface area contributed by atoms with Gasteiger partial charge in [-0.05, 0) is 18.1 Å². The first kappa shape index (κ1) is 14.4. The van der Waals surface area contributed by atoms with Crippen LogP contribution in [0.25, 0.3) is 0 Å². The van der Waals surface area contributed by atoms with Gasteiger partial charge in [0.15, 0.2) is 0 Å². The molecule has 0 radical (unpaired) electrons. The van der Waals surface area contributed by atoms with Gasteiger partial charge in [-0.3, -0.25) is 10.1 Å². The fourth-order valence-electron chi connectivity index (χ4n) is 1.66. The smallest absolute Gasteiger partial charge is 0.326 e. The van der Waals surface area contributed by atoms with Crippen LogP contribution in [0.5, 0.6) is 0 Å². The van der Waals surface area contributed by atoms with Crippen molar-refractivity contribution in [2.45, 2.75) is 12.8 Å². The Balaban J connectivity index is 2.01. The number of urea groups is 1. The second-order valence-corrected chi connectivity index (χ2v) is 4.10. The van der Waals surface area contributed by atoms with Crippen LogP contribution in [0.4, 0.5) is 16.4 Å². The number of hydrogen-bond acceptors (Lipinski definition) is 5. The second kappa shape index (κ2) is 6.94. The number of aromatic nitrogens is 3. The molecule has 0 spiro atoms. The Morgan fingerprint density at radius 2 is 1.95 bits per heavy atom. The van der Waals surface area contributed by atoms with Crippen molar-refractivity contribution in [1.82, 2.24) is 15.2 Å². The number of para-hydroxylation sites is 1. The third-order valence-corrected chi connectivity index (χ3v) is 2.58. The summed E-state index contributed by atoms with van der Waals surface area (Å²) in [5, 5.41) is 21.0. The standard InChI is InChI=1S/C13H13N5O3/c19-11(20)6-5-9-3-1-2-4-10(9)16-13(21)17-12-14-7-8-15-18-12/h1-4,7-8H,5-6H2,(H,19,20)(H2,14,16,17,18,21). The van der Waals surface area contributed by atoms with E-state index in [0.29, 0.717) is 12.1 Å². The van der Waals surface area contributed by atoms with Gasteiger partial charge in [-0.25, -0.2) is 9.78 Å². The van der Waals surface area contributed by atoms with Crippen molar-refractivity contribution in [3.63, 3.8) is 0 Å². The molecular formula is C13H13N5O3. The fourth-order valence-corrected chi connectivity index (χ4v) is 1.66. The van der Waals surface area contributed by atoms with Gasteiger partial charge in [0.1, 0.15) is 0 Å². The van der Waals surface area contributed by atoms with Gasteiger partial charge in [0, 0.05) is 12.1 Å². The minimum Gasteiger partial charge on any atom is -0.481 e. The highest BCUT2D eigenvalue weighted by Crippen LogP contribution is 2.17. The van der Waals surface area contributed by atoms with Crippen molar-refractivity contribution in [2.75, 3.05) is 10.6 Å². The molecule has 0 aliphatic heterocycles. The quantitative estimate of drug-likeness (QED) is 0.767. The summed E-state index contributed by atoms with van der Waals surface area (Å²) in [4.78, 5) is 26.3. The van der Waals surface area contributed by atoms with Crippen LogP contribution in [-0.2, 0) is 11.2 Å². The van der Waals surface area contributed by atoms with E-state index in [1.165, 1.54) is 12.4 Å². The van der Waals surface area contributed by atoms with Gasteiger partial charge >= 0.3 is 12.0 Å². The molecule has 0 aliphatic rings. The Morgan fingerprint density at radius 1 is 1.14 bits per heavy atom. The van der Waals surface area contributed by atoms with E-state index >= 15 is 0 Å². The Labute approximate surface area is 120 Å². The van der Waals surface area contributed by atoms with Gasteiger partial charge in [0.05, 0.1) is 12.4 Å². The highest BCUT2D eigenvalue weighted by molar-refractivity contribution is 5.99. The van der Waals surface area contributed by atoms with E-state index in [0.717, 1.165) is 5.56 Å². The molecule has 0 unspecified atom stereocenters. The largest absolute Gasteiger partial charge is 0.481 e. The molecule has 8 heteroatoms. The van der Waals surface area contributed by atoms with Gasteiger partial charge < -0.3 is 10.4 Å². The number of amides is 2. The molecule has 2 aromatic rings. The molecule has 8 nitrogen and oxygen atoms in total. The van der Waals surface area contributed by atoms with E-state index in [1.807, 2.05) is 0 Å². The van der Waals surface area contributed by atoms with Gasteiger partial charge in [-0.2, -0.15) is 5.10 Å². The van der Waals surface area contributed by atoms with Gasteiger partial charge in [-0.15, -0.1) is 5.10 Å². The van der Waals surface area contributed by atoms with Crippen molar-refractivity contribution in [1.29, 1.82) is 0 Å². The summed E-state index contributed by atoms with van der Waals surface area (Å²) in [6.45, 7) is 0. The molecule has 21 heavy (non-hydrogen) atoms. The lowest BCUT2D eigenvalue weighted by Gasteiger charge is -2.10. The fraction of sp³-hybridized carbons (Fsp3) is 0.154. The van der Waals surface area contributed by atoms with Crippen molar-refractivity contribution < 1.29 is 14.7 Å². The Morgan fingerprint density at radius 3 is 2.67 bits per heavy atom. The highest BCUT2D eigenvalue weighted by Gasteiger charge is 2.09. The van der Waals surface area contributed by atoms with Crippen LogP contribution < -0.4 is 10.6 Å². The number of benzene rings is 1. The van der Waals surface area contributed by atoms with E-state index in [4.69, 9.17) is 5.11 Å². The monoisotopic (exact) mass is 287 g/mol. The van der Waals surface area contributed by atoms with Crippen LogP contribution >= 0.6 is 0 Å². The van der Waals surface area contributed by atoms with Gasteiger partial charge in [0.25, 0.3) is 5.95 Å². The average Bonchev–Trinajstić information content (AvgIpc) is 2.47. The number of carbonyl (C=O) groups excluding carboxylic acids is 1. The number of hydrogen-bond donors (Lipinski definition) is 3. The number of aliphatic carboxylic acids is 1. The minimum absolute atomic E-state index is 0.00791. The maximum atomic E-state index is 11.8. The van der Waals surface area contributed by atoms with Crippen LogP contribution in [0.2, 0.25) is 0 Å². The van der Waals surface area contributed by atoms with Crippen LogP contribution in [0.3, 0.4) is 0 Å². The summed E-state index contributed by atoms with van der Waals surface area (Å²) in [7, 11) is 0. The molecule has 0 fully saturated rings. The molecule has 0 saturated heterocycles.